The molecule has 1 aromatic heterocycles. The molecule has 0 atom stereocenters. The van der Waals surface area contributed by atoms with E-state index >= 15 is 0 Å². The van der Waals surface area contributed by atoms with E-state index in [0.29, 0.717) is 5.13 Å². The van der Waals surface area contributed by atoms with Crippen LogP contribution in [0.2, 0.25) is 0 Å². The van der Waals surface area contributed by atoms with Gasteiger partial charge >= 0.3 is 0 Å². The van der Waals surface area contributed by atoms with Crippen LogP contribution in [0.4, 0.5) is 10.8 Å². The summed E-state index contributed by atoms with van der Waals surface area (Å²) in [7, 11) is 0. The van der Waals surface area contributed by atoms with Gasteiger partial charge in [0.25, 0.3) is 0 Å². The number of hydrogen-bond donors (Lipinski definition) is 1. The Kier molecular flexibility index (Phi) is 5.12. The number of aryl methyl sites for hydroxylation is 1. The summed E-state index contributed by atoms with van der Waals surface area (Å²) in [4.78, 5) is 32.2. The molecule has 0 unspecified atom stereocenters. The largest absolute Gasteiger partial charge is 0.312 e. The van der Waals surface area contributed by atoms with Crippen LogP contribution in [0.5, 0.6) is 0 Å². The van der Waals surface area contributed by atoms with Crippen molar-refractivity contribution in [3.8, 4) is 11.3 Å². The van der Waals surface area contributed by atoms with Crippen molar-refractivity contribution < 1.29 is 9.59 Å². The zero-order valence-electron chi connectivity index (χ0n) is 16.8. The smallest absolute Gasteiger partial charge is 0.231 e. The minimum atomic E-state index is -0.459. The second-order valence-electron chi connectivity index (χ2n) is 8.37. The summed E-state index contributed by atoms with van der Waals surface area (Å²) in [6.45, 7) is 12.3. The topological polar surface area (TPSA) is 62.3 Å². The molecule has 0 bridgehead atoms. The number of benzene rings is 1. The van der Waals surface area contributed by atoms with Crippen molar-refractivity contribution in [2.75, 3.05) is 16.8 Å². The van der Waals surface area contributed by atoms with Gasteiger partial charge in [-0.2, -0.15) is 0 Å². The first-order valence-corrected chi connectivity index (χ1v) is 10.1. The van der Waals surface area contributed by atoms with Crippen LogP contribution in [0.25, 0.3) is 11.3 Å². The molecule has 1 N–H and O–H groups in total. The highest BCUT2D eigenvalue weighted by atomic mass is 32.1. The van der Waals surface area contributed by atoms with E-state index in [4.69, 9.17) is 0 Å². The Bertz CT molecular complexity index is 893. The molecule has 1 aliphatic rings. The summed E-state index contributed by atoms with van der Waals surface area (Å²) in [5, 5.41) is 3.54. The van der Waals surface area contributed by atoms with Crippen LogP contribution in [0, 0.1) is 18.3 Å². The van der Waals surface area contributed by atoms with Gasteiger partial charge in [0.1, 0.15) is 0 Å². The summed E-state index contributed by atoms with van der Waals surface area (Å²) >= 11 is 1.49. The fraction of sp³-hybridized carbons (Fsp3) is 0.476. The minimum absolute atomic E-state index is 0.00889. The normalized spacial score (nSPS) is 13.8. The number of thiazole rings is 1. The maximum atomic E-state index is 12.4. The number of carbonyl (C=O) groups is 2. The molecule has 2 amide bonds. The van der Waals surface area contributed by atoms with Gasteiger partial charge in [0.15, 0.2) is 5.13 Å². The number of carbonyl (C=O) groups excluding carboxylic acids is 2. The Labute approximate surface area is 164 Å². The quantitative estimate of drug-likeness (QED) is 0.837. The molecule has 0 fully saturated rings. The minimum Gasteiger partial charge on any atom is -0.312 e. The zero-order chi connectivity index (χ0) is 19.9. The number of nitrogens with one attached hydrogen (secondary N) is 1. The molecule has 0 saturated heterocycles. The van der Waals surface area contributed by atoms with Gasteiger partial charge in [-0.15, -0.1) is 11.3 Å². The van der Waals surface area contributed by atoms with Crippen LogP contribution >= 0.6 is 11.3 Å². The summed E-state index contributed by atoms with van der Waals surface area (Å²) in [5.41, 5.74) is 3.64. The van der Waals surface area contributed by atoms with E-state index in [-0.39, 0.29) is 17.7 Å². The van der Waals surface area contributed by atoms with Crippen LogP contribution in [0.1, 0.15) is 45.1 Å². The molecule has 2 heterocycles. The average molecular weight is 386 g/mol. The maximum absolute atomic E-state index is 12.4. The molecular formula is C21H27N3O2S. The van der Waals surface area contributed by atoms with Crippen LogP contribution < -0.4 is 10.2 Å². The number of aromatic nitrogens is 1. The van der Waals surface area contributed by atoms with E-state index in [1.54, 1.807) is 0 Å². The third-order valence-corrected chi connectivity index (χ3v) is 5.59. The van der Waals surface area contributed by atoms with Crippen molar-refractivity contribution in [2.45, 2.75) is 48.0 Å². The van der Waals surface area contributed by atoms with Crippen molar-refractivity contribution >= 4 is 34.0 Å². The summed E-state index contributed by atoms with van der Waals surface area (Å²) in [6, 6.07) is 6.16. The Morgan fingerprint density at radius 2 is 1.96 bits per heavy atom. The Morgan fingerprint density at radius 1 is 1.26 bits per heavy atom. The molecular weight excluding hydrogens is 358 g/mol. The first-order valence-electron chi connectivity index (χ1n) is 9.31. The fourth-order valence-electron chi connectivity index (χ4n) is 3.09. The van der Waals surface area contributed by atoms with Crippen molar-refractivity contribution in [1.29, 1.82) is 0 Å². The van der Waals surface area contributed by atoms with Gasteiger partial charge < -0.3 is 10.2 Å². The number of hydrogen-bond acceptors (Lipinski definition) is 4. The molecule has 0 aliphatic carbocycles. The molecule has 0 saturated carbocycles. The molecule has 2 aromatic rings. The molecule has 1 aliphatic heterocycles. The molecule has 27 heavy (non-hydrogen) atoms. The highest BCUT2D eigenvalue weighted by Crippen LogP contribution is 2.36. The molecule has 6 heteroatoms. The molecule has 0 radical (unpaired) electrons. The average Bonchev–Trinajstić information content (AvgIpc) is 3.15. The number of rotatable bonds is 3. The number of amides is 2. The van der Waals surface area contributed by atoms with Gasteiger partial charge in [-0.1, -0.05) is 40.7 Å². The predicted octanol–water partition coefficient (Wildman–Crippen LogP) is 4.65. The van der Waals surface area contributed by atoms with E-state index in [0.717, 1.165) is 34.8 Å². The standard InChI is InChI=1S/C21H27N3O2S/c1-12(2)18(25)24-10-9-14-11-15(7-8-16(14)24)17-13(3)27-20(22-17)23-19(26)21(4,5)6/h7-8,11-12H,9-10H2,1-6H3,(H,22,23,26). The van der Waals surface area contributed by atoms with Gasteiger partial charge in [-0.25, -0.2) is 4.98 Å². The highest BCUT2D eigenvalue weighted by molar-refractivity contribution is 7.16. The summed E-state index contributed by atoms with van der Waals surface area (Å²) < 4.78 is 0. The lowest BCUT2D eigenvalue weighted by molar-refractivity contribution is -0.123. The maximum Gasteiger partial charge on any atom is 0.231 e. The van der Waals surface area contributed by atoms with Crippen LogP contribution in [-0.4, -0.2) is 23.3 Å². The lowest BCUT2D eigenvalue weighted by atomic mass is 9.96. The van der Waals surface area contributed by atoms with E-state index < -0.39 is 5.41 Å². The predicted molar refractivity (Wildman–Crippen MR) is 111 cm³/mol. The monoisotopic (exact) mass is 385 g/mol. The van der Waals surface area contributed by atoms with E-state index in [1.165, 1.54) is 16.9 Å². The van der Waals surface area contributed by atoms with E-state index in [1.807, 2.05) is 58.6 Å². The van der Waals surface area contributed by atoms with Crippen LogP contribution in [-0.2, 0) is 16.0 Å². The van der Waals surface area contributed by atoms with Gasteiger partial charge in [0, 0.05) is 34.0 Å². The Balaban J connectivity index is 1.87. The van der Waals surface area contributed by atoms with E-state index in [2.05, 4.69) is 16.4 Å². The summed E-state index contributed by atoms with van der Waals surface area (Å²) in [5.74, 6) is 0.114. The van der Waals surface area contributed by atoms with Crippen molar-refractivity contribution in [3.05, 3.63) is 28.6 Å². The van der Waals surface area contributed by atoms with E-state index in [9.17, 15) is 9.59 Å². The number of nitrogens with zero attached hydrogens (tertiary/aromatic N) is 2. The Hall–Kier alpha value is -2.21. The number of fused-ring (bicyclic) bond motifs is 1. The van der Waals surface area contributed by atoms with Gasteiger partial charge in [-0.3, -0.25) is 9.59 Å². The first-order chi connectivity index (χ1) is 12.6. The molecule has 3 rings (SSSR count). The van der Waals surface area contributed by atoms with Crippen LogP contribution in [0.15, 0.2) is 18.2 Å². The Morgan fingerprint density at radius 3 is 2.59 bits per heavy atom. The second kappa shape index (κ2) is 7.08. The van der Waals surface area contributed by atoms with Gasteiger partial charge in [-0.05, 0) is 31.0 Å². The lowest BCUT2D eigenvalue weighted by Crippen LogP contribution is -2.32. The van der Waals surface area contributed by atoms with Crippen molar-refractivity contribution in [1.82, 2.24) is 4.98 Å². The zero-order valence-corrected chi connectivity index (χ0v) is 17.7. The van der Waals surface area contributed by atoms with Crippen molar-refractivity contribution in [2.24, 2.45) is 11.3 Å². The van der Waals surface area contributed by atoms with Crippen LogP contribution in [0.3, 0.4) is 0 Å². The third kappa shape index (κ3) is 3.90. The first kappa shape index (κ1) is 19.5. The molecule has 5 nitrogen and oxygen atoms in total. The lowest BCUT2D eigenvalue weighted by Gasteiger charge is -2.19. The van der Waals surface area contributed by atoms with Crippen molar-refractivity contribution in [3.63, 3.8) is 0 Å². The SMILES string of the molecule is Cc1sc(NC(=O)C(C)(C)C)nc1-c1ccc2c(c1)CCN2C(=O)C(C)C. The molecule has 0 spiro atoms. The fourth-order valence-corrected chi connectivity index (χ4v) is 3.92. The van der Waals surface area contributed by atoms with Gasteiger partial charge in [0.2, 0.25) is 11.8 Å². The third-order valence-electron chi connectivity index (χ3n) is 4.71. The second-order valence-corrected chi connectivity index (χ2v) is 9.57. The summed E-state index contributed by atoms with van der Waals surface area (Å²) in [6.07, 6.45) is 0.860. The highest BCUT2D eigenvalue weighted by Gasteiger charge is 2.27. The van der Waals surface area contributed by atoms with Gasteiger partial charge in [0.05, 0.1) is 5.69 Å². The molecule has 1 aromatic carbocycles. The molecule has 144 valence electrons. The number of anilines is 2.